The minimum Gasteiger partial charge on any atom is -0.497 e. The van der Waals surface area contributed by atoms with Crippen molar-refractivity contribution in [3.63, 3.8) is 0 Å². The molecule has 1 amide bonds. The normalized spacial score (nSPS) is 15.7. The number of hydrogen-bond acceptors (Lipinski definition) is 4. The van der Waals surface area contributed by atoms with Crippen LogP contribution in [0.3, 0.4) is 0 Å². The molecule has 6 heteroatoms. The fourth-order valence-electron chi connectivity index (χ4n) is 3.57. The highest BCUT2D eigenvalue weighted by Crippen LogP contribution is 2.28. The van der Waals surface area contributed by atoms with Gasteiger partial charge in [0, 0.05) is 31.4 Å². The Morgan fingerprint density at radius 2 is 1.85 bits per heavy atom. The number of rotatable bonds is 3. The fourth-order valence-corrected chi connectivity index (χ4v) is 3.57. The quantitative estimate of drug-likeness (QED) is 0.717. The van der Waals surface area contributed by atoms with E-state index in [-0.39, 0.29) is 5.91 Å². The standard InChI is InChI=1S/C21H24N4O2/c1-23-11-5-12-24(15-14-23)21(26)19-20(16-7-9-17(27-2)10-8-16)25-13-4-3-6-18(25)22-19/h3-4,6-10,13H,5,11-12,14-15H2,1-2H3. The smallest absolute Gasteiger partial charge is 0.274 e. The number of carbonyl (C=O) groups excluding carboxylic acids is 1. The van der Waals surface area contributed by atoms with Gasteiger partial charge >= 0.3 is 0 Å². The number of likely N-dealkylation sites (N-methyl/N-ethyl adjacent to an activating group) is 1. The second-order valence-corrected chi connectivity index (χ2v) is 6.92. The van der Waals surface area contributed by atoms with Crippen molar-refractivity contribution in [2.75, 3.05) is 40.3 Å². The molecule has 1 aromatic carbocycles. The third-order valence-electron chi connectivity index (χ3n) is 5.10. The second-order valence-electron chi connectivity index (χ2n) is 6.92. The van der Waals surface area contributed by atoms with Gasteiger partial charge in [-0.2, -0.15) is 0 Å². The number of ether oxygens (including phenoxy) is 1. The largest absolute Gasteiger partial charge is 0.497 e. The summed E-state index contributed by atoms with van der Waals surface area (Å²) in [7, 11) is 3.75. The minimum atomic E-state index is -0.000168. The van der Waals surface area contributed by atoms with E-state index in [0.717, 1.165) is 55.3 Å². The van der Waals surface area contributed by atoms with Crippen LogP contribution in [-0.2, 0) is 0 Å². The summed E-state index contributed by atoms with van der Waals surface area (Å²) in [6.07, 6.45) is 2.93. The van der Waals surface area contributed by atoms with Crippen molar-refractivity contribution >= 4 is 11.6 Å². The van der Waals surface area contributed by atoms with Gasteiger partial charge in [-0.1, -0.05) is 6.07 Å². The third kappa shape index (κ3) is 3.40. The van der Waals surface area contributed by atoms with Crippen LogP contribution < -0.4 is 4.74 Å². The number of fused-ring (bicyclic) bond motifs is 1. The molecule has 6 nitrogen and oxygen atoms in total. The molecule has 1 aliphatic rings. The molecule has 1 saturated heterocycles. The predicted octanol–water partition coefficient (Wildman–Crippen LogP) is 2.79. The number of amides is 1. The van der Waals surface area contributed by atoms with Gasteiger partial charge in [-0.15, -0.1) is 0 Å². The molecule has 1 aliphatic heterocycles. The van der Waals surface area contributed by atoms with E-state index in [1.807, 2.05) is 58.0 Å². The van der Waals surface area contributed by atoms with Crippen LogP contribution in [-0.4, -0.2) is 65.4 Å². The van der Waals surface area contributed by atoms with Crippen LogP contribution in [0.1, 0.15) is 16.9 Å². The summed E-state index contributed by atoms with van der Waals surface area (Å²) >= 11 is 0. The highest BCUT2D eigenvalue weighted by atomic mass is 16.5. The number of aromatic nitrogens is 2. The third-order valence-corrected chi connectivity index (χ3v) is 5.10. The molecule has 0 radical (unpaired) electrons. The highest BCUT2D eigenvalue weighted by Gasteiger charge is 2.26. The molecule has 3 aromatic rings. The Balaban J connectivity index is 1.78. The van der Waals surface area contributed by atoms with Crippen molar-refractivity contribution in [3.05, 3.63) is 54.4 Å². The minimum absolute atomic E-state index is 0.000168. The van der Waals surface area contributed by atoms with E-state index in [1.165, 1.54) is 0 Å². The molecule has 140 valence electrons. The molecule has 0 bridgehead atoms. The molecule has 1 fully saturated rings. The zero-order valence-electron chi connectivity index (χ0n) is 15.8. The van der Waals surface area contributed by atoms with Crippen LogP contribution in [0.25, 0.3) is 16.9 Å². The SMILES string of the molecule is COc1ccc(-c2c(C(=O)N3CCCN(C)CC3)nc3ccccn23)cc1. The molecular weight excluding hydrogens is 340 g/mol. The van der Waals surface area contributed by atoms with Gasteiger partial charge in [0.2, 0.25) is 0 Å². The fraction of sp³-hybridized carbons (Fsp3) is 0.333. The number of benzene rings is 1. The van der Waals surface area contributed by atoms with Crippen LogP contribution in [0.15, 0.2) is 48.7 Å². The van der Waals surface area contributed by atoms with Crippen molar-refractivity contribution < 1.29 is 9.53 Å². The summed E-state index contributed by atoms with van der Waals surface area (Å²) in [5.41, 5.74) is 3.06. The van der Waals surface area contributed by atoms with Crippen LogP contribution in [0.2, 0.25) is 0 Å². The lowest BCUT2D eigenvalue weighted by Crippen LogP contribution is -2.35. The van der Waals surface area contributed by atoms with Gasteiger partial charge < -0.3 is 14.5 Å². The summed E-state index contributed by atoms with van der Waals surface area (Å²) in [5.74, 6) is 0.788. The molecule has 0 unspecified atom stereocenters. The van der Waals surface area contributed by atoms with E-state index in [0.29, 0.717) is 5.69 Å². The Morgan fingerprint density at radius 1 is 1.04 bits per heavy atom. The highest BCUT2D eigenvalue weighted by molar-refractivity contribution is 5.99. The molecule has 27 heavy (non-hydrogen) atoms. The second kappa shape index (κ2) is 7.40. The monoisotopic (exact) mass is 364 g/mol. The van der Waals surface area contributed by atoms with E-state index in [1.54, 1.807) is 7.11 Å². The lowest BCUT2D eigenvalue weighted by Gasteiger charge is -2.20. The van der Waals surface area contributed by atoms with E-state index < -0.39 is 0 Å². The predicted molar refractivity (Wildman–Crippen MR) is 105 cm³/mol. The maximum absolute atomic E-state index is 13.4. The van der Waals surface area contributed by atoms with Crippen LogP contribution in [0.4, 0.5) is 0 Å². The van der Waals surface area contributed by atoms with Crippen molar-refractivity contribution in [1.82, 2.24) is 19.2 Å². The topological polar surface area (TPSA) is 50.1 Å². The van der Waals surface area contributed by atoms with E-state index in [2.05, 4.69) is 16.9 Å². The average molecular weight is 364 g/mol. The molecule has 4 rings (SSSR count). The number of methoxy groups -OCH3 is 1. The summed E-state index contributed by atoms with van der Waals surface area (Å²) in [6, 6.07) is 13.6. The molecule has 0 N–H and O–H groups in total. The van der Waals surface area contributed by atoms with E-state index in [4.69, 9.17) is 4.74 Å². The first-order valence-electron chi connectivity index (χ1n) is 9.26. The van der Waals surface area contributed by atoms with Crippen molar-refractivity contribution in [3.8, 4) is 17.0 Å². The van der Waals surface area contributed by atoms with Crippen molar-refractivity contribution in [2.45, 2.75) is 6.42 Å². The summed E-state index contributed by atoms with van der Waals surface area (Å²) in [4.78, 5) is 22.2. The first-order chi connectivity index (χ1) is 13.2. The van der Waals surface area contributed by atoms with Crippen LogP contribution in [0.5, 0.6) is 5.75 Å². The molecule has 0 saturated carbocycles. The van der Waals surface area contributed by atoms with Gasteiger partial charge in [0.05, 0.1) is 12.8 Å². The zero-order chi connectivity index (χ0) is 18.8. The lowest BCUT2D eigenvalue weighted by atomic mass is 10.1. The van der Waals surface area contributed by atoms with Gasteiger partial charge in [0.15, 0.2) is 5.69 Å². The van der Waals surface area contributed by atoms with Crippen molar-refractivity contribution in [2.24, 2.45) is 0 Å². The number of carbonyl (C=O) groups is 1. The van der Waals surface area contributed by atoms with Crippen molar-refractivity contribution in [1.29, 1.82) is 0 Å². The summed E-state index contributed by atoms with van der Waals surface area (Å²) in [6.45, 7) is 3.39. The van der Waals surface area contributed by atoms with Gasteiger partial charge in [-0.25, -0.2) is 4.98 Å². The maximum atomic E-state index is 13.4. The molecule has 0 spiro atoms. The first kappa shape index (κ1) is 17.5. The van der Waals surface area contributed by atoms with E-state index >= 15 is 0 Å². The Morgan fingerprint density at radius 3 is 2.63 bits per heavy atom. The summed E-state index contributed by atoms with van der Waals surface area (Å²) < 4.78 is 7.25. The Hall–Kier alpha value is -2.86. The molecule has 0 atom stereocenters. The van der Waals surface area contributed by atoms with E-state index in [9.17, 15) is 4.79 Å². The lowest BCUT2D eigenvalue weighted by molar-refractivity contribution is 0.0758. The van der Waals surface area contributed by atoms with Crippen LogP contribution >= 0.6 is 0 Å². The Kier molecular flexibility index (Phi) is 4.81. The van der Waals surface area contributed by atoms with Gasteiger partial charge in [0.1, 0.15) is 11.4 Å². The molecule has 0 aliphatic carbocycles. The molecule has 2 aromatic heterocycles. The number of pyridine rings is 1. The number of hydrogen-bond donors (Lipinski definition) is 0. The number of nitrogens with zero attached hydrogens (tertiary/aromatic N) is 4. The molecule has 3 heterocycles. The average Bonchev–Trinajstić information content (AvgIpc) is 2.96. The van der Waals surface area contributed by atoms with Gasteiger partial charge in [0.25, 0.3) is 5.91 Å². The maximum Gasteiger partial charge on any atom is 0.274 e. The summed E-state index contributed by atoms with van der Waals surface area (Å²) in [5, 5.41) is 0. The Bertz CT molecular complexity index is 948. The van der Waals surface area contributed by atoms with Gasteiger partial charge in [-0.3, -0.25) is 9.20 Å². The van der Waals surface area contributed by atoms with Gasteiger partial charge in [-0.05, 0) is 56.4 Å². The zero-order valence-corrected chi connectivity index (χ0v) is 15.8. The van der Waals surface area contributed by atoms with Crippen LogP contribution in [0, 0.1) is 0 Å². The molecular formula is C21H24N4O2. The first-order valence-corrected chi connectivity index (χ1v) is 9.26. The number of imidazole rings is 1. The Labute approximate surface area is 159 Å².